The van der Waals surface area contributed by atoms with E-state index in [1.54, 1.807) is 12.1 Å². The maximum Gasteiger partial charge on any atom is 0.494 e. The molecule has 1 amide bonds. The zero-order valence-corrected chi connectivity index (χ0v) is 13.0. The van der Waals surface area contributed by atoms with E-state index in [2.05, 4.69) is 4.74 Å². The number of rotatable bonds is 2. The topological polar surface area (TPSA) is 48.0 Å². The fourth-order valence-electron chi connectivity index (χ4n) is 2.21. The van der Waals surface area contributed by atoms with Gasteiger partial charge in [-0.25, -0.2) is 0 Å². The third-order valence-electron chi connectivity index (χ3n) is 4.20. The number of hydrogen-bond acceptors (Lipinski definition) is 4. The maximum absolute atomic E-state index is 12.5. The van der Waals surface area contributed by atoms with Crippen LogP contribution in [0.4, 0.5) is 5.69 Å². The number of hydrogen-bond donors (Lipinski definition) is 0. The Balaban J connectivity index is 2.03. The third-order valence-corrected chi connectivity index (χ3v) is 4.20. The number of benzene rings is 1. The van der Waals surface area contributed by atoms with Crippen molar-refractivity contribution < 1.29 is 27.1 Å². The predicted octanol–water partition coefficient (Wildman–Crippen LogP) is 1.35. The molecule has 22 heavy (non-hydrogen) atoms. The molecule has 2 fully saturated rings. The number of carbonyl (C=O) groups is 1. The van der Waals surface area contributed by atoms with Crippen LogP contribution in [0, 0.1) is 0 Å². The van der Waals surface area contributed by atoms with Crippen molar-refractivity contribution in [2.24, 2.45) is 0 Å². The van der Waals surface area contributed by atoms with Crippen LogP contribution in [0.5, 0.6) is 0 Å². The van der Waals surface area contributed by atoms with Gasteiger partial charge in [0.05, 0.1) is 26.0 Å². The average Bonchev–Trinajstić information content (AvgIpc) is 2.73. The first-order valence-corrected chi connectivity index (χ1v) is 7.02. The van der Waals surface area contributed by atoms with Crippen LogP contribution >= 0.6 is 0 Å². The number of carbonyl (C=O) groups excluding carboxylic acids is 1. The third kappa shape index (κ3) is 2.66. The Kier molecular flexibility index (Phi) is 2.37. The Labute approximate surface area is 140 Å². The fraction of sp³-hybridized carbons (Fsp3) is 0.562. The van der Waals surface area contributed by atoms with Gasteiger partial charge in [-0.3, -0.25) is 4.79 Å². The Morgan fingerprint density at radius 2 is 1.91 bits per heavy atom. The smallest absolute Gasteiger partial charge is 0.399 e. The van der Waals surface area contributed by atoms with Crippen LogP contribution in [-0.4, -0.2) is 43.8 Å². The van der Waals surface area contributed by atoms with Crippen molar-refractivity contribution in [3.63, 3.8) is 0 Å². The van der Waals surface area contributed by atoms with Gasteiger partial charge in [-0.1, -0.05) is 12.1 Å². The first-order valence-electron chi connectivity index (χ1n) is 10.0. The van der Waals surface area contributed by atoms with Crippen molar-refractivity contribution in [3.05, 3.63) is 24.3 Å². The average molecular weight is 309 g/mol. The minimum atomic E-state index is -3.06. The molecule has 1 aromatic rings. The summed E-state index contributed by atoms with van der Waals surface area (Å²) in [6.07, 6.45) is 0. The van der Waals surface area contributed by atoms with E-state index in [4.69, 9.17) is 17.5 Å². The van der Waals surface area contributed by atoms with Crippen LogP contribution in [0.25, 0.3) is 0 Å². The van der Waals surface area contributed by atoms with E-state index in [-0.39, 0.29) is 5.69 Å². The lowest BCUT2D eigenvalue weighted by molar-refractivity contribution is -0.125. The summed E-state index contributed by atoms with van der Waals surface area (Å²) in [4.78, 5) is 13.0. The summed E-state index contributed by atoms with van der Waals surface area (Å²) in [6.45, 7) is -1.51. The van der Waals surface area contributed by atoms with Gasteiger partial charge in [0, 0.05) is 12.2 Å². The summed E-state index contributed by atoms with van der Waals surface area (Å²) >= 11 is 0. The highest BCUT2D eigenvalue weighted by atomic mass is 16.7. The molecule has 0 N–H and O–H groups in total. The molecule has 1 aromatic carbocycles. The van der Waals surface area contributed by atoms with Gasteiger partial charge in [0.1, 0.15) is 6.56 Å². The summed E-state index contributed by atoms with van der Waals surface area (Å²) in [6, 6.07) is 6.03. The van der Waals surface area contributed by atoms with Crippen molar-refractivity contribution in [2.45, 2.75) is 38.9 Å². The summed E-state index contributed by atoms with van der Waals surface area (Å²) in [5, 5.41) is 0. The largest absolute Gasteiger partial charge is 0.494 e. The van der Waals surface area contributed by atoms with Crippen LogP contribution in [0.2, 0.25) is 0 Å². The van der Waals surface area contributed by atoms with Gasteiger partial charge in [-0.15, -0.1) is 0 Å². The lowest BCUT2D eigenvalue weighted by Gasteiger charge is -2.32. The lowest BCUT2D eigenvalue weighted by Crippen LogP contribution is -2.42. The van der Waals surface area contributed by atoms with E-state index in [1.165, 1.54) is 12.1 Å². The molecule has 0 atom stereocenters. The highest BCUT2D eigenvalue weighted by Gasteiger charge is 2.51. The molecule has 0 aromatic heterocycles. The Morgan fingerprint density at radius 1 is 1.23 bits per heavy atom. The van der Waals surface area contributed by atoms with Crippen molar-refractivity contribution >= 4 is 24.2 Å². The van der Waals surface area contributed by atoms with Gasteiger partial charge in [0.15, 0.2) is 0 Å². The van der Waals surface area contributed by atoms with Gasteiger partial charge in [0.2, 0.25) is 0 Å². The van der Waals surface area contributed by atoms with Crippen molar-refractivity contribution in [1.29, 1.82) is 0 Å². The predicted molar refractivity (Wildman–Crippen MR) is 85.3 cm³/mol. The highest BCUT2D eigenvalue weighted by Crippen LogP contribution is 2.36. The second-order valence-electron chi connectivity index (χ2n) is 6.24. The molecule has 2 heterocycles. The van der Waals surface area contributed by atoms with E-state index in [1.807, 2.05) is 27.7 Å². The van der Waals surface area contributed by atoms with Gasteiger partial charge < -0.3 is 18.9 Å². The fourth-order valence-corrected chi connectivity index (χ4v) is 2.21. The molecule has 0 bridgehead atoms. The molecule has 0 aliphatic carbocycles. The van der Waals surface area contributed by atoms with Crippen LogP contribution in [0.3, 0.4) is 0 Å². The normalized spacial score (nSPS) is 34.8. The Morgan fingerprint density at radius 3 is 2.59 bits per heavy atom. The Hall–Kier alpha value is -1.37. The maximum atomic E-state index is 12.5. The Bertz CT molecular complexity index is 800. The van der Waals surface area contributed by atoms with Gasteiger partial charge >= 0.3 is 7.12 Å². The van der Waals surface area contributed by atoms with E-state index in [0.717, 1.165) is 0 Å². The molecular formula is C16H22BNO4. The minimum Gasteiger partial charge on any atom is -0.399 e. The molecule has 6 heteroatoms. The van der Waals surface area contributed by atoms with Crippen LogP contribution < -0.4 is 10.4 Å². The highest BCUT2D eigenvalue weighted by molar-refractivity contribution is 6.62. The van der Waals surface area contributed by atoms with Gasteiger partial charge in [-0.2, -0.15) is 0 Å². The van der Waals surface area contributed by atoms with Crippen molar-refractivity contribution in [2.75, 3.05) is 24.5 Å². The molecule has 0 unspecified atom stereocenters. The molecule has 3 rings (SSSR count). The molecule has 5 nitrogen and oxygen atoms in total. The molecule has 2 aliphatic rings. The number of morpholine rings is 1. The van der Waals surface area contributed by atoms with Crippen LogP contribution in [0.1, 0.15) is 35.9 Å². The second kappa shape index (κ2) is 5.37. The monoisotopic (exact) mass is 309 g/mol. The zero-order chi connectivity index (χ0) is 21.3. The van der Waals surface area contributed by atoms with Crippen molar-refractivity contribution in [1.82, 2.24) is 0 Å². The number of nitrogens with zero attached hydrogens (tertiary/aromatic N) is 1. The van der Waals surface area contributed by atoms with E-state index in [0.29, 0.717) is 10.4 Å². The molecule has 2 saturated heterocycles. The standard InChI is InChI=1S/C16H22BNO4/c1-15(2)16(3,4)22-17(21-15)12-6-5-7-13(10-12)18-8-9-20-11-14(18)19/h5-7,10H,8-9,11H2,1-4H3/i8D2,9D2,11D2. The molecule has 0 spiro atoms. The first-order chi connectivity index (χ1) is 12.5. The first kappa shape index (κ1) is 9.70. The summed E-state index contributed by atoms with van der Waals surface area (Å²) in [5.41, 5.74) is -0.747. The number of anilines is 1. The summed E-state index contributed by atoms with van der Waals surface area (Å²) in [7, 11) is -0.777. The molecule has 118 valence electrons. The van der Waals surface area contributed by atoms with Gasteiger partial charge in [-0.05, 0) is 45.3 Å². The quantitative estimate of drug-likeness (QED) is 0.774. The SMILES string of the molecule is [2H]C1([2H])OC([2H])([2H])C([2H])([2H])N(c2cccc(B3OC(C)(C)C(C)(C)O3)c2)C1=O. The summed E-state index contributed by atoms with van der Waals surface area (Å²) in [5.74, 6) is -1.33. The van der Waals surface area contributed by atoms with Crippen LogP contribution in [0.15, 0.2) is 24.3 Å². The van der Waals surface area contributed by atoms with Crippen molar-refractivity contribution in [3.8, 4) is 0 Å². The second-order valence-corrected chi connectivity index (χ2v) is 6.24. The lowest BCUT2D eigenvalue weighted by atomic mass is 9.79. The molecule has 0 saturated carbocycles. The summed E-state index contributed by atoms with van der Waals surface area (Å²) < 4.78 is 63.4. The van der Waals surface area contributed by atoms with Crippen LogP contribution in [-0.2, 0) is 18.8 Å². The number of ether oxygens (including phenoxy) is 1. The van der Waals surface area contributed by atoms with Gasteiger partial charge in [0.25, 0.3) is 5.91 Å². The minimum absolute atomic E-state index is 0.0294. The van der Waals surface area contributed by atoms with E-state index in [9.17, 15) is 4.79 Å². The zero-order valence-electron chi connectivity index (χ0n) is 19.0. The number of amides is 1. The van der Waals surface area contributed by atoms with E-state index >= 15 is 0 Å². The molecule has 0 radical (unpaired) electrons. The molecule has 2 aliphatic heterocycles. The van der Waals surface area contributed by atoms with E-state index < -0.39 is 43.8 Å². The molecular weight excluding hydrogens is 281 g/mol.